The summed E-state index contributed by atoms with van der Waals surface area (Å²) in [6, 6.07) is 22.1. The predicted octanol–water partition coefficient (Wildman–Crippen LogP) is 4.97. The number of rotatable bonds is 5. The Kier molecular flexibility index (Phi) is 5.07. The quantitative estimate of drug-likeness (QED) is 0.752. The maximum Gasteiger partial charge on any atom is 0.0350 e. The minimum absolute atomic E-state index is 0.516. The second-order valence-electron chi connectivity index (χ2n) is 6.10. The molecule has 0 saturated carbocycles. The maximum atomic E-state index is 2.64. The van der Waals surface area contributed by atoms with Gasteiger partial charge in [-0.2, -0.15) is 0 Å². The van der Waals surface area contributed by atoms with E-state index in [2.05, 4.69) is 84.6 Å². The van der Waals surface area contributed by atoms with E-state index < -0.39 is 0 Å². The largest absolute Gasteiger partial charge is 0.296 e. The van der Waals surface area contributed by atoms with Gasteiger partial charge < -0.3 is 0 Å². The first-order chi connectivity index (χ1) is 10.9. The van der Waals surface area contributed by atoms with Crippen molar-refractivity contribution in [3.05, 3.63) is 77.9 Å². The third kappa shape index (κ3) is 3.48. The Morgan fingerprint density at radius 1 is 1.00 bits per heavy atom. The summed E-state index contributed by atoms with van der Waals surface area (Å²) in [5.41, 5.74) is 2.77. The zero-order chi connectivity index (χ0) is 15.2. The van der Waals surface area contributed by atoms with Crippen molar-refractivity contribution >= 4 is 6.08 Å². The molecule has 0 aliphatic carbocycles. The summed E-state index contributed by atoms with van der Waals surface area (Å²) in [7, 11) is 0. The third-order valence-corrected chi connectivity index (χ3v) is 4.59. The van der Waals surface area contributed by atoms with E-state index in [1.54, 1.807) is 0 Å². The van der Waals surface area contributed by atoms with Gasteiger partial charge in [-0.25, -0.2) is 0 Å². The molecule has 2 atom stereocenters. The molecule has 0 amide bonds. The highest BCUT2D eigenvalue weighted by Crippen LogP contribution is 2.34. The highest BCUT2D eigenvalue weighted by atomic mass is 15.2. The second kappa shape index (κ2) is 7.42. The lowest BCUT2D eigenvalue weighted by Gasteiger charge is -2.25. The molecule has 0 radical (unpaired) electrons. The molecule has 2 aromatic carbocycles. The normalized spacial score (nSPS) is 22.4. The zero-order valence-corrected chi connectivity index (χ0v) is 13.4. The molecule has 0 unspecified atom stereocenters. The Balaban J connectivity index is 1.82. The summed E-state index contributed by atoms with van der Waals surface area (Å²) in [4.78, 5) is 2.64. The topological polar surface area (TPSA) is 3.24 Å². The molecule has 1 aliphatic rings. The van der Waals surface area contributed by atoms with Gasteiger partial charge in [0.25, 0.3) is 0 Å². The van der Waals surface area contributed by atoms with Gasteiger partial charge in [-0.05, 0) is 37.1 Å². The van der Waals surface area contributed by atoms with Crippen molar-refractivity contribution in [2.24, 2.45) is 0 Å². The highest BCUT2D eigenvalue weighted by Gasteiger charge is 2.32. The second-order valence-corrected chi connectivity index (χ2v) is 6.10. The summed E-state index contributed by atoms with van der Waals surface area (Å²) in [5.74, 6) is 0.618. The van der Waals surface area contributed by atoms with Crippen molar-refractivity contribution in [1.29, 1.82) is 0 Å². The molecule has 0 N–H and O–H groups in total. The van der Waals surface area contributed by atoms with Gasteiger partial charge in [0.15, 0.2) is 0 Å². The minimum atomic E-state index is 0.516. The molecule has 0 spiro atoms. The summed E-state index contributed by atoms with van der Waals surface area (Å²) in [6.45, 7) is 4.66. The Hall–Kier alpha value is -1.86. The Morgan fingerprint density at radius 3 is 2.36 bits per heavy atom. The summed E-state index contributed by atoms with van der Waals surface area (Å²) in [5, 5.41) is 0. The molecule has 22 heavy (non-hydrogen) atoms. The smallest absolute Gasteiger partial charge is 0.0350 e. The fourth-order valence-electron chi connectivity index (χ4n) is 3.52. The fraction of sp³-hybridized carbons (Fsp3) is 0.333. The van der Waals surface area contributed by atoms with Crippen molar-refractivity contribution in [1.82, 2.24) is 4.90 Å². The molecule has 1 aliphatic heterocycles. The maximum absolute atomic E-state index is 2.64. The molecule has 1 fully saturated rings. The van der Waals surface area contributed by atoms with Crippen molar-refractivity contribution in [3.63, 3.8) is 0 Å². The predicted molar refractivity (Wildman–Crippen MR) is 94.9 cm³/mol. The lowest BCUT2D eigenvalue weighted by atomic mass is 9.91. The van der Waals surface area contributed by atoms with E-state index in [-0.39, 0.29) is 0 Å². The number of nitrogens with zero attached hydrogens (tertiary/aromatic N) is 1. The van der Waals surface area contributed by atoms with E-state index in [4.69, 9.17) is 0 Å². The van der Waals surface area contributed by atoms with E-state index in [0.717, 1.165) is 0 Å². The summed E-state index contributed by atoms with van der Waals surface area (Å²) >= 11 is 0. The molecule has 3 rings (SSSR count). The van der Waals surface area contributed by atoms with Gasteiger partial charge in [-0.3, -0.25) is 4.90 Å². The molecular weight excluding hydrogens is 266 g/mol. The molecule has 2 aromatic rings. The molecule has 114 valence electrons. The van der Waals surface area contributed by atoms with Gasteiger partial charge in [-0.1, -0.05) is 79.7 Å². The zero-order valence-electron chi connectivity index (χ0n) is 13.4. The van der Waals surface area contributed by atoms with Crippen LogP contribution < -0.4 is 0 Å². The monoisotopic (exact) mass is 291 g/mol. The number of benzene rings is 2. The molecule has 1 heterocycles. The van der Waals surface area contributed by atoms with Crippen molar-refractivity contribution in [3.8, 4) is 0 Å². The lowest BCUT2D eigenvalue weighted by Crippen LogP contribution is -2.31. The van der Waals surface area contributed by atoms with Crippen molar-refractivity contribution < 1.29 is 0 Å². The van der Waals surface area contributed by atoms with Crippen LogP contribution in [0.15, 0.2) is 66.7 Å². The highest BCUT2D eigenvalue weighted by molar-refractivity contribution is 5.50. The summed E-state index contributed by atoms with van der Waals surface area (Å²) < 4.78 is 0. The minimum Gasteiger partial charge on any atom is -0.296 e. The van der Waals surface area contributed by atoms with Gasteiger partial charge in [0.05, 0.1) is 0 Å². The van der Waals surface area contributed by atoms with E-state index in [9.17, 15) is 0 Å². The summed E-state index contributed by atoms with van der Waals surface area (Å²) in [6.07, 6.45) is 7.18. The Morgan fingerprint density at radius 2 is 1.68 bits per heavy atom. The Bertz CT molecular complexity index is 588. The van der Waals surface area contributed by atoms with Crippen LogP contribution in [0.2, 0.25) is 0 Å². The van der Waals surface area contributed by atoms with Crippen LogP contribution >= 0.6 is 0 Å². The van der Waals surface area contributed by atoms with Crippen LogP contribution in [0, 0.1) is 0 Å². The van der Waals surface area contributed by atoms with Crippen molar-refractivity contribution in [2.45, 2.75) is 31.7 Å². The Labute approximate surface area is 134 Å². The lowest BCUT2D eigenvalue weighted by molar-refractivity contribution is 0.283. The van der Waals surface area contributed by atoms with Crippen LogP contribution in [0.1, 0.15) is 36.8 Å². The van der Waals surface area contributed by atoms with Crippen LogP contribution in [0.3, 0.4) is 0 Å². The standard InChI is InChI=1S/C21H25N/c1-2-16-22-17-15-20(19-11-7-4-8-12-19)21(22)14-13-18-9-5-3-6-10-18/h3-14,20-21H,2,15-17H2,1H3/t20-,21-/m1/s1. The van der Waals surface area contributed by atoms with Crippen LogP contribution in [0.4, 0.5) is 0 Å². The third-order valence-electron chi connectivity index (χ3n) is 4.59. The van der Waals surface area contributed by atoms with Crippen LogP contribution in [0.25, 0.3) is 6.08 Å². The first kappa shape index (κ1) is 15.1. The van der Waals surface area contributed by atoms with Crippen LogP contribution in [-0.4, -0.2) is 24.0 Å². The van der Waals surface area contributed by atoms with E-state index in [1.165, 1.54) is 37.1 Å². The van der Waals surface area contributed by atoms with Crippen LogP contribution in [0.5, 0.6) is 0 Å². The first-order valence-electron chi connectivity index (χ1n) is 8.40. The van der Waals surface area contributed by atoms with Gasteiger partial charge in [0.2, 0.25) is 0 Å². The number of likely N-dealkylation sites (tertiary alicyclic amines) is 1. The average Bonchev–Trinajstić information content (AvgIpc) is 2.98. The first-order valence-corrected chi connectivity index (χ1v) is 8.40. The van der Waals surface area contributed by atoms with Crippen LogP contribution in [-0.2, 0) is 0 Å². The van der Waals surface area contributed by atoms with Crippen molar-refractivity contribution in [2.75, 3.05) is 13.1 Å². The molecule has 0 aromatic heterocycles. The molecule has 1 nitrogen and oxygen atoms in total. The molecular formula is C21H25N. The van der Waals surface area contributed by atoms with Gasteiger partial charge >= 0.3 is 0 Å². The van der Waals surface area contributed by atoms with Gasteiger partial charge in [-0.15, -0.1) is 0 Å². The molecule has 1 heteroatoms. The molecule has 0 bridgehead atoms. The average molecular weight is 291 g/mol. The van der Waals surface area contributed by atoms with E-state index in [0.29, 0.717) is 12.0 Å². The van der Waals surface area contributed by atoms with E-state index in [1.807, 2.05) is 0 Å². The van der Waals surface area contributed by atoms with E-state index >= 15 is 0 Å². The van der Waals surface area contributed by atoms with Gasteiger partial charge in [0, 0.05) is 12.0 Å². The van der Waals surface area contributed by atoms with Gasteiger partial charge in [0.1, 0.15) is 0 Å². The fourth-order valence-corrected chi connectivity index (χ4v) is 3.52. The number of hydrogen-bond donors (Lipinski definition) is 0. The molecule has 1 saturated heterocycles. The SMILES string of the molecule is CCCN1CC[C@H](c2ccccc2)[C@H]1C=Cc1ccccc1. The number of hydrogen-bond acceptors (Lipinski definition) is 1.